The number of aromatic nitrogens is 1. The van der Waals surface area contributed by atoms with Crippen molar-refractivity contribution in [2.24, 2.45) is 0 Å². The predicted octanol–water partition coefficient (Wildman–Crippen LogP) is 2.69. The second-order valence-corrected chi connectivity index (χ2v) is 5.11. The van der Waals surface area contributed by atoms with Crippen molar-refractivity contribution < 1.29 is 0 Å². The minimum absolute atomic E-state index is 0.833. The summed E-state index contributed by atoms with van der Waals surface area (Å²) in [5, 5.41) is 6.80. The fraction of sp³-hybridized carbons (Fsp3) is 0.583. The quantitative estimate of drug-likeness (QED) is 0.591. The van der Waals surface area contributed by atoms with Crippen LogP contribution < -0.4 is 5.32 Å². The van der Waals surface area contributed by atoms with Crippen LogP contribution in [0.3, 0.4) is 0 Å². The van der Waals surface area contributed by atoms with Gasteiger partial charge in [-0.3, -0.25) is 0 Å². The highest BCUT2D eigenvalue weighted by atomic mass is 32.1. The first-order valence-corrected chi connectivity index (χ1v) is 6.52. The average molecular weight is 222 g/mol. The lowest BCUT2D eigenvalue weighted by molar-refractivity contribution is 0.690. The van der Waals surface area contributed by atoms with E-state index in [2.05, 4.69) is 34.8 Å². The van der Waals surface area contributed by atoms with Crippen LogP contribution >= 0.6 is 11.3 Å². The van der Waals surface area contributed by atoms with Gasteiger partial charge in [-0.25, -0.2) is 4.98 Å². The van der Waals surface area contributed by atoms with Gasteiger partial charge in [0.2, 0.25) is 0 Å². The van der Waals surface area contributed by atoms with E-state index in [4.69, 9.17) is 0 Å². The number of hydrogen-bond donors (Lipinski definition) is 1. The summed E-state index contributed by atoms with van der Waals surface area (Å²) in [5.41, 5.74) is 1.20. The molecule has 0 atom stereocenters. The van der Waals surface area contributed by atoms with E-state index >= 15 is 0 Å². The molecule has 0 spiro atoms. The van der Waals surface area contributed by atoms with Crippen LogP contribution in [-0.4, -0.2) is 17.6 Å². The van der Waals surface area contributed by atoms with Gasteiger partial charge in [0.05, 0.1) is 10.7 Å². The number of nitrogens with zero attached hydrogens (tertiary/aromatic N) is 1. The van der Waals surface area contributed by atoms with Crippen LogP contribution in [0.1, 0.15) is 30.0 Å². The molecule has 3 heteroatoms. The summed E-state index contributed by atoms with van der Waals surface area (Å²) in [5.74, 6) is 0. The fourth-order valence-electron chi connectivity index (χ4n) is 1.48. The number of nitrogens with one attached hydrogen (secondary N) is 1. The molecule has 1 N–H and O–H groups in total. The maximum absolute atomic E-state index is 4.42. The number of hydrogen-bond acceptors (Lipinski definition) is 3. The highest BCUT2D eigenvalue weighted by Gasteiger charge is 2.19. The van der Waals surface area contributed by atoms with Gasteiger partial charge in [0.25, 0.3) is 0 Å². The Balaban J connectivity index is 1.57. The van der Waals surface area contributed by atoms with Crippen molar-refractivity contribution >= 4 is 11.3 Å². The van der Waals surface area contributed by atoms with E-state index in [0.717, 1.165) is 30.4 Å². The molecule has 1 heterocycles. The Kier molecular flexibility index (Phi) is 3.92. The van der Waals surface area contributed by atoms with Crippen LogP contribution in [0.25, 0.3) is 0 Å². The molecule has 1 aromatic rings. The summed E-state index contributed by atoms with van der Waals surface area (Å²) in [7, 11) is 0. The van der Waals surface area contributed by atoms with Crippen LogP contribution in [0, 0.1) is 6.92 Å². The summed E-state index contributed by atoms with van der Waals surface area (Å²) in [6.45, 7) is 3.18. The van der Waals surface area contributed by atoms with Gasteiger partial charge in [-0.1, -0.05) is 12.2 Å². The van der Waals surface area contributed by atoms with Crippen LogP contribution in [-0.2, 0) is 6.42 Å². The molecule has 0 amide bonds. The van der Waals surface area contributed by atoms with Gasteiger partial charge in [0.1, 0.15) is 0 Å². The summed E-state index contributed by atoms with van der Waals surface area (Å²) >= 11 is 1.73. The van der Waals surface area contributed by atoms with Crippen LogP contribution in [0.4, 0.5) is 0 Å². The lowest BCUT2D eigenvalue weighted by Crippen LogP contribution is -2.16. The second-order valence-electron chi connectivity index (χ2n) is 4.05. The van der Waals surface area contributed by atoms with Crippen LogP contribution in [0.15, 0.2) is 17.5 Å². The summed E-state index contributed by atoms with van der Waals surface area (Å²) in [6, 6.07) is 0.833. The van der Waals surface area contributed by atoms with Gasteiger partial charge >= 0.3 is 0 Å². The lowest BCUT2D eigenvalue weighted by atomic mass is 10.3. The summed E-state index contributed by atoms with van der Waals surface area (Å²) in [6.07, 6.45) is 9.35. The molecular weight excluding hydrogens is 204 g/mol. The second kappa shape index (κ2) is 5.42. The smallest absolute Gasteiger partial charge is 0.0897 e. The zero-order valence-corrected chi connectivity index (χ0v) is 10.0. The molecular formula is C12H18N2S. The highest BCUT2D eigenvalue weighted by molar-refractivity contribution is 7.09. The van der Waals surface area contributed by atoms with Crippen LogP contribution in [0.5, 0.6) is 0 Å². The van der Waals surface area contributed by atoms with E-state index in [9.17, 15) is 0 Å². The van der Waals surface area contributed by atoms with E-state index in [-0.39, 0.29) is 0 Å². The Morgan fingerprint density at radius 1 is 1.53 bits per heavy atom. The Bertz CT molecular complexity index is 326. The van der Waals surface area contributed by atoms with Crippen molar-refractivity contribution in [2.45, 2.75) is 38.6 Å². The summed E-state index contributed by atoms with van der Waals surface area (Å²) in [4.78, 5) is 4.42. The van der Waals surface area contributed by atoms with E-state index in [1.807, 2.05) is 0 Å². The number of aryl methyl sites for hydroxylation is 1. The lowest BCUT2D eigenvalue weighted by Gasteiger charge is -1.96. The van der Waals surface area contributed by atoms with Gasteiger partial charge in [-0.05, 0) is 32.7 Å². The van der Waals surface area contributed by atoms with E-state index in [0.29, 0.717) is 0 Å². The Labute approximate surface area is 95.4 Å². The van der Waals surface area contributed by atoms with Crippen LogP contribution in [0.2, 0.25) is 0 Å². The molecule has 1 saturated carbocycles. The number of thiazole rings is 1. The van der Waals surface area contributed by atoms with Crippen molar-refractivity contribution in [3.8, 4) is 0 Å². The number of allylic oxidation sites excluding steroid dienone is 1. The Hall–Kier alpha value is -0.670. The van der Waals surface area contributed by atoms with E-state index in [1.165, 1.54) is 18.5 Å². The first kappa shape index (κ1) is 10.8. The van der Waals surface area contributed by atoms with Crippen molar-refractivity contribution in [3.63, 3.8) is 0 Å². The van der Waals surface area contributed by atoms with Crippen molar-refractivity contribution in [2.75, 3.05) is 6.54 Å². The van der Waals surface area contributed by atoms with Gasteiger partial charge in [-0.2, -0.15) is 0 Å². The topological polar surface area (TPSA) is 24.9 Å². The molecule has 1 fully saturated rings. The fourth-order valence-corrected chi connectivity index (χ4v) is 2.11. The maximum atomic E-state index is 4.42. The molecule has 0 saturated heterocycles. The normalized spacial score (nSPS) is 16.3. The van der Waals surface area contributed by atoms with Crippen molar-refractivity contribution in [1.82, 2.24) is 10.3 Å². The molecule has 2 rings (SSSR count). The van der Waals surface area contributed by atoms with Gasteiger partial charge in [0.15, 0.2) is 0 Å². The van der Waals surface area contributed by atoms with E-state index < -0.39 is 0 Å². The van der Waals surface area contributed by atoms with Crippen molar-refractivity contribution in [1.29, 1.82) is 0 Å². The largest absolute Gasteiger partial charge is 0.314 e. The molecule has 1 aliphatic carbocycles. The number of rotatable bonds is 6. The third-order valence-electron chi connectivity index (χ3n) is 2.48. The predicted molar refractivity (Wildman–Crippen MR) is 65.3 cm³/mol. The summed E-state index contributed by atoms with van der Waals surface area (Å²) < 4.78 is 0. The first-order valence-electron chi connectivity index (χ1n) is 5.64. The SMILES string of the molecule is Cc1nc(CC=CCCNC2CC2)cs1. The van der Waals surface area contributed by atoms with Gasteiger partial charge in [-0.15, -0.1) is 11.3 Å². The molecule has 0 radical (unpaired) electrons. The molecule has 15 heavy (non-hydrogen) atoms. The minimum atomic E-state index is 0.833. The molecule has 0 bridgehead atoms. The molecule has 82 valence electrons. The molecule has 1 aromatic heterocycles. The third kappa shape index (κ3) is 4.14. The minimum Gasteiger partial charge on any atom is -0.314 e. The molecule has 0 unspecified atom stereocenters. The van der Waals surface area contributed by atoms with Gasteiger partial charge < -0.3 is 5.32 Å². The molecule has 0 aliphatic heterocycles. The van der Waals surface area contributed by atoms with Gasteiger partial charge in [0, 0.05) is 17.8 Å². The first-order chi connectivity index (χ1) is 7.34. The maximum Gasteiger partial charge on any atom is 0.0897 e. The van der Waals surface area contributed by atoms with E-state index in [1.54, 1.807) is 11.3 Å². The van der Waals surface area contributed by atoms with Crippen molar-refractivity contribution in [3.05, 3.63) is 28.2 Å². The zero-order chi connectivity index (χ0) is 10.5. The monoisotopic (exact) mass is 222 g/mol. The molecule has 1 aliphatic rings. The Morgan fingerprint density at radius 2 is 2.40 bits per heavy atom. The molecule has 0 aromatic carbocycles. The zero-order valence-electron chi connectivity index (χ0n) is 9.20. The third-order valence-corrected chi connectivity index (χ3v) is 3.30. The molecule has 2 nitrogen and oxygen atoms in total. The average Bonchev–Trinajstić information content (AvgIpc) is 2.95. The highest BCUT2D eigenvalue weighted by Crippen LogP contribution is 2.18. The Morgan fingerprint density at radius 3 is 3.07 bits per heavy atom. The standard InChI is InChI=1S/C12H18N2S/c1-10-14-12(9-15-10)5-3-2-4-8-13-11-6-7-11/h2-3,9,11,13H,4-8H2,1H3.